The number of amides is 2. The number of nitrogen functional groups attached to an aromatic ring is 1. The number of anilines is 2. The van der Waals surface area contributed by atoms with Gasteiger partial charge in [-0.15, -0.1) is 0 Å². The van der Waals surface area contributed by atoms with Crippen molar-refractivity contribution in [3.05, 3.63) is 18.2 Å². The summed E-state index contributed by atoms with van der Waals surface area (Å²) in [4.78, 5) is 25.5. The van der Waals surface area contributed by atoms with Gasteiger partial charge in [0.15, 0.2) is 6.61 Å². The fourth-order valence-electron chi connectivity index (χ4n) is 2.36. The first-order valence-electron chi connectivity index (χ1n) is 7.13. The molecule has 1 aliphatic heterocycles. The van der Waals surface area contributed by atoms with E-state index in [0.717, 1.165) is 12.8 Å². The van der Waals surface area contributed by atoms with E-state index in [1.54, 1.807) is 18.2 Å². The highest BCUT2D eigenvalue weighted by atomic mass is 16.5. The highest BCUT2D eigenvalue weighted by molar-refractivity contribution is 6.02. The van der Waals surface area contributed by atoms with Gasteiger partial charge in [0.1, 0.15) is 12.3 Å². The number of carbonyl (C=O) groups excluding carboxylic acids is 2. The summed E-state index contributed by atoms with van der Waals surface area (Å²) in [6.45, 7) is 3.93. The van der Waals surface area contributed by atoms with Crippen molar-refractivity contribution in [2.24, 2.45) is 0 Å². The second kappa shape index (κ2) is 6.47. The molecule has 3 N–H and O–H groups in total. The predicted molar refractivity (Wildman–Crippen MR) is 81.2 cm³/mol. The Labute approximate surface area is 124 Å². The predicted octanol–water partition coefficient (Wildman–Crippen LogP) is 1.30. The molecule has 0 aliphatic carbocycles. The Morgan fingerprint density at radius 1 is 1.52 bits per heavy atom. The van der Waals surface area contributed by atoms with E-state index in [9.17, 15) is 9.59 Å². The molecular formula is C15H21N3O3. The Bertz CT molecular complexity index is 545. The maximum absolute atomic E-state index is 12.1. The smallest absolute Gasteiger partial charge is 0.265 e. The van der Waals surface area contributed by atoms with Gasteiger partial charge in [0.05, 0.1) is 5.69 Å². The molecule has 21 heavy (non-hydrogen) atoms. The number of benzene rings is 1. The molecule has 2 amide bonds. The van der Waals surface area contributed by atoms with Crippen molar-refractivity contribution >= 4 is 23.2 Å². The summed E-state index contributed by atoms with van der Waals surface area (Å²) in [5.41, 5.74) is 6.82. The third kappa shape index (κ3) is 3.65. The molecule has 1 unspecified atom stereocenters. The first-order chi connectivity index (χ1) is 10.0. The van der Waals surface area contributed by atoms with Crippen LogP contribution >= 0.6 is 0 Å². The molecule has 1 aromatic carbocycles. The van der Waals surface area contributed by atoms with E-state index >= 15 is 0 Å². The summed E-state index contributed by atoms with van der Waals surface area (Å²) in [6, 6.07) is 5.16. The van der Waals surface area contributed by atoms with Crippen LogP contribution in [0.25, 0.3) is 0 Å². The van der Waals surface area contributed by atoms with Crippen LogP contribution in [0.4, 0.5) is 11.4 Å². The number of nitrogens with one attached hydrogen (secondary N) is 1. The Kier molecular flexibility index (Phi) is 4.67. The lowest BCUT2D eigenvalue weighted by atomic mass is 10.2. The number of carbonyl (C=O) groups is 2. The van der Waals surface area contributed by atoms with Crippen molar-refractivity contribution in [3.8, 4) is 5.75 Å². The zero-order valence-corrected chi connectivity index (χ0v) is 12.4. The van der Waals surface area contributed by atoms with Crippen molar-refractivity contribution in [2.75, 3.05) is 23.8 Å². The van der Waals surface area contributed by atoms with E-state index in [-0.39, 0.29) is 31.0 Å². The molecule has 1 atom stereocenters. The molecule has 114 valence electrons. The van der Waals surface area contributed by atoms with Gasteiger partial charge in [0, 0.05) is 11.7 Å². The lowest BCUT2D eigenvalue weighted by Crippen LogP contribution is -2.46. The number of hydrogen-bond acceptors (Lipinski definition) is 4. The quantitative estimate of drug-likeness (QED) is 0.801. The molecule has 6 nitrogen and oxygen atoms in total. The summed E-state index contributed by atoms with van der Waals surface area (Å²) in [6.07, 6.45) is 1.91. The van der Waals surface area contributed by atoms with Crippen LogP contribution in [0.3, 0.4) is 0 Å². The van der Waals surface area contributed by atoms with Crippen LogP contribution < -0.4 is 20.7 Å². The van der Waals surface area contributed by atoms with Crippen molar-refractivity contribution < 1.29 is 14.3 Å². The molecule has 6 heteroatoms. The van der Waals surface area contributed by atoms with Crippen LogP contribution in [0.2, 0.25) is 0 Å². The molecule has 0 saturated heterocycles. The zero-order valence-electron chi connectivity index (χ0n) is 12.4. The average Bonchev–Trinajstić information content (AvgIpc) is 2.42. The van der Waals surface area contributed by atoms with Crippen LogP contribution in [0.1, 0.15) is 26.7 Å². The lowest BCUT2D eigenvalue weighted by Gasteiger charge is -2.29. The maximum atomic E-state index is 12.1. The van der Waals surface area contributed by atoms with Crippen LogP contribution in [-0.4, -0.2) is 31.0 Å². The van der Waals surface area contributed by atoms with E-state index in [1.807, 2.05) is 6.92 Å². The van der Waals surface area contributed by atoms with Crippen molar-refractivity contribution in [1.82, 2.24) is 5.32 Å². The molecule has 0 bridgehead atoms. The molecule has 1 heterocycles. The molecule has 0 saturated carbocycles. The normalized spacial score (nSPS) is 15.1. The molecule has 0 aromatic heterocycles. The summed E-state index contributed by atoms with van der Waals surface area (Å²) in [5, 5.41) is 2.89. The van der Waals surface area contributed by atoms with Gasteiger partial charge in [0.2, 0.25) is 5.91 Å². The Morgan fingerprint density at radius 3 is 3.00 bits per heavy atom. The minimum atomic E-state index is -0.244. The molecule has 0 spiro atoms. The van der Waals surface area contributed by atoms with Crippen LogP contribution in [0.15, 0.2) is 18.2 Å². The highest BCUT2D eigenvalue weighted by Gasteiger charge is 2.27. The fraction of sp³-hybridized carbons (Fsp3) is 0.467. The van der Waals surface area contributed by atoms with Gasteiger partial charge in [-0.05, 0) is 31.5 Å². The van der Waals surface area contributed by atoms with Crippen molar-refractivity contribution in [2.45, 2.75) is 32.7 Å². The average molecular weight is 291 g/mol. The van der Waals surface area contributed by atoms with Gasteiger partial charge in [-0.3, -0.25) is 14.5 Å². The van der Waals surface area contributed by atoms with Crippen molar-refractivity contribution in [3.63, 3.8) is 0 Å². The molecular weight excluding hydrogens is 270 g/mol. The van der Waals surface area contributed by atoms with Crippen molar-refractivity contribution in [1.29, 1.82) is 0 Å². The molecule has 1 aliphatic rings. The number of ether oxygens (including phenoxy) is 1. The van der Waals surface area contributed by atoms with Gasteiger partial charge < -0.3 is 15.8 Å². The molecule has 1 aromatic rings. The number of fused-ring (bicyclic) bond motifs is 1. The minimum absolute atomic E-state index is 0.0211. The third-order valence-electron chi connectivity index (χ3n) is 3.36. The summed E-state index contributed by atoms with van der Waals surface area (Å²) in [5.74, 6) is 0.143. The second-order valence-corrected chi connectivity index (χ2v) is 5.25. The van der Waals surface area contributed by atoms with Gasteiger partial charge in [-0.25, -0.2) is 0 Å². The zero-order chi connectivity index (χ0) is 15.4. The Balaban J connectivity index is 2.11. The van der Waals surface area contributed by atoms with E-state index in [1.165, 1.54) is 4.90 Å². The first-order valence-corrected chi connectivity index (χ1v) is 7.13. The topological polar surface area (TPSA) is 84.7 Å². The monoisotopic (exact) mass is 291 g/mol. The van der Waals surface area contributed by atoms with Gasteiger partial charge in [0.25, 0.3) is 5.91 Å². The Morgan fingerprint density at radius 2 is 2.29 bits per heavy atom. The molecule has 0 radical (unpaired) electrons. The van der Waals surface area contributed by atoms with Crippen LogP contribution in [-0.2, 0) is 9.59 Å². The number of nitrogens with zero attached hydrogens (tertiary/aromatic N) is 1. The van der Waals surface area contributed by atoms with Gasteiger partial charge in [-0.2, -0.15) is 0 Å². The fourth-order valence-corrected chi connectivity index (χ4v) is 2.36. The molecule has 0 fully saturated rings. The van der Waals surface area contributed by atoms with E-state index in [0.29, 0.717) is 17.1 Å². The SMILES string of the molecule is CCCC(C)NC(=O)CN1C(=O)COc2ccc(N)cc21. The largest absolute Gasteiger partial charge is 0.482 e. The van der Waals surface area contributed by atoms with Gasteiger partial charge in [-0.1, -0.05) is 13.3 Å². The van der Waals surface area contributed by atoms with E-state index in [2.05, 4.69) is 12.2 Å². The minimum Gasteiger partial charge on any atom is -0.482 e. The highest BCUT2D eigenvalue weighted by Crippen LogP contribution is 2.33. The number of nitrogens with two attached hydrogens (primary N) is 1. The standard InChI is InChI=1S/C15H21N3O3/c1-3-4-10(2)17-14(19)8-18-12-7-11(16)5-6-13(12)21-9-15(18)20/h5-7,10H,3-4,8-9,16H2,1-2H3,(H,17,19). The lowest BCUT2D eigenvalue weighted by molar-refractivity contribution is -0.125. The number of rotatable bonds is 5. The second-order valence-electron chi connectivity index (χ2n) is 5.25. The van der Waals surface area contributed by atoms with E-state index in [4.69, 9.17) is 10.5 Å². The summed E-state index contributed by atoms with van der Waals surface area (Å²) < 4.78 is 5.34. The third-order valence-corrected chi connectivity index (χ3v) is 3.36. The van der Waals surface area contributed by atoms with Gasteiger partial charge >= 0.3 is 0 Å². The maximum Gasteiger partial charge on any atom is 0.265 e. The number of hydrogen-bond donors (Lipinski definition) is 2. The molecule has 2 rings (SSSR count). The van der Waals surface area contributed by atoms with Crippen LogP contribution in [0.5, 0.6) is 5.75 Å². The Hall–Kier alpha value is -2.24. The summed E-state index contributed by atoms with van der Waals surface area (Å²) in [7, 11) is 0. The van der Waals surface area contributed by atoms with E-state index < -0.39 is 0 Å². The summed E-state index contributed by atoms with van der Waals surface area (Å²) >= 11 is 0. The van der Waals surface area contributed by atoms with Crippen LogP contribution in [0, 0.1) is 0 Å². The first kappa shape index (κ1) is 15.2.